The number of carbonyl (C=O) groups excluding carboxylic acids is 1. The molecule has 0 heterocycles. The Morgan fingerprint density at radius 3 is 2.64 bits per heavy atom. The van der Waals surface area contributed by atoms with Crippen molar-refractivity contribution in [3.05, 3.63) is 58.6 Å². The lowest BCUT2D eigenvalue weighted by atomic mass is 9.95. The maximum absolute atomic E-state index is 12.8. The molecule has 1 aliphatic carbocycles. The van der Waals surface area contributed by atoms with Crippen LogP contribution in [0.4, 0.5) is 5.69 Å². The molecular formula is C18H18ClNO2. The highest BCUT2D eigenvalue weighted by Gasteiger charge is 2.51. The average molecular weight is 316 g/mol. The summed E-state index contributed by atoms with van der Waals surface area (Å²) in [7, 11) is 1.60. The second kappa shape index (κ2) is 5.65. The first kappa shape index (κ1) is 14.9. The number of rotatable bonds is 4. The van der Waals surface area contributed by atoms with Gasteiger partial charge in [-0.3, -0.25) is 4.79 Å². The van der Waals surface area contributed by atoms with Crippen molar-refractivity contribution in [1.29, 1.82) is 0 Å². The summed E-state index contributed by atoms with van der Waals surface area (Å²) in [6.45, 7) is 1.99. The molecule has 22 heavy (non-hydrogen) atoms. The van der Waals surface area contributed by atoms with Crippen LogP contribution in [0.2, 0.25) is 5.02 Å². The van der Waals surface area contributed by atoms with E-state index in [9.17, 15) is 4.79 Å². The smallest absolute Gasteiger partial charge is 0.235 e. The number of carbonyl (C=O) groups is 1. The number of methoxy groups -OCH3 is 1. The van der Waals surface area contributed by atoms with E-state index in [1.807, 2.05) is 49.4 Å². The molecule has 1 fully saturated rings. The van der Waals surface area contributed by atoms with Gasteiger partial charge in [-0.2, -0.15) is 0 Å². The fraction of sp³-hybridized carbons (Fsp3) is 0.278. The molecule has 0 spiro atoms. The Morgan fingerprint density at radius 2 is 2.00 bits per heavy atom. The largest absolute Gasteiger partial charge is 0.495 e. The molecule has 2 aromatic rings. The molecule has 2 aromatic carbocycles. The van der Waals surface area contributed by atoms with E-state index in [0.29, 0.717) is 16.5 Å². The number of ether oxygens (including phenoxy) is 1. The molecule has 4 heteroatoms. The van der Waals surface area contributed by atoms with Crippen molar-refractivity contribution in [2.75, 3.05) is 12.4 Å². The van der Waals surface area contributed by atoms with Gasteiger partial charge in [-0.25, -0.2) is 0 Å². The third-order valence-electron chi connectivity index (χ3n) is 4.17. The van der Waals surface area contributed by atoms with Crippen LogP contribution in [0.1, 0.15) is 24.0 Å². The van der Waals surface area contributed by atoms with E-state index < -0.39 is 5.41 Å². The van der Waals surface area contributed by atoms with Gasteiger partial charge in [0.25, 0.3) is 0 Å². The highest BCUT2D eigenvalue weighted by Crippen LogP contribution is 2.49. The van der Waals surface area contributed by atoms with Crippen LogP contribution in [0, 0.1) is 6.92 Å². The molecule has 1 aliphatic rings. The summed E-state index contributed by atoms with van der Waals surface area (Å²) in [6.07, 6.45) is 1.68. The zero-order chi connectivity index (χ0) is 15.7. The van der Waals surface area contributed by atoms with Gasteiger partial charge in [0.2, 0.25) is 5.91 Å². The van der Waals surface area contributed by atoms with Crippen LogP contribution in [0.5, 0.6) is 5.75 Å². The molecular weight excluding hydrogens is 298 g/mol. The van der Waals surface area contributed by atoms with Crippen molar-refractivity contribution in [2.24, 2.45) is 0 Å². The van der Waals surface area contributed by atoms with Crippen molar-refractivity contribution >= 4 is 23.2 Å². The zero-order valence-corrected chi connectivity index (χ0v) is 13.4. The van der Waals surface area contributed by atoms with E-state index in [0.717, 1.165) is 24.0 Å². The number of halogens is 1. The molecule has 3 rings (SSSR count). The SMILES string of the molecule is COc1ccc(C)cc1NC(=O)C1(c2cccc(Cl)c2)CC1. The number of benzene rings is 2. The summed E-state index contributed by atoms with van der Waals surface area (Å²) in [5, 5.41) is 3.67. The number of hydrogen-bond donors (Lipinski definition) is 1. The predicted molar refractivity (Wildman–Crippen MR) is 88.7 cm³/mol. The quantitative estimate of drug-likeness (QED) is 0.912. The van der Waals surface area contributed by atoms with Gasteiger partial charge >= 0.3 is 0 Å². The number of hydrogen-bond acceptors (Lipinski definition) is 2. The first-order chi connectivity index (χ1) is 10.5. The minimum atomic E-state index is -0.459. The molecule has 3 nitrogen and oxygen atoms in total. The van der Waals surface area contributed by atoms with Gasteiger partial charge in [0.05, 0.1) is 18.2 Å². The van der Waals surface area contributed by atoms with E-state index in [2.05, 4.69) is 5.32 Å². The van der Waals surface area contributed by atoms with Crippen LogP contribution in [-0.2, 0) is 10.2 Å². The van der Waals surface area contributed by atoms with Crippen molar-refractivity contribution in [3.63, 3.8) is 0 Å². The van der Waals surface area contributed by atoms with Crippen LogP contribution < -0.4 is 10.1 Å². The monoisotopic (exact) mass is 315 g/mol. The van der Waals surface area contributed by atoms with E-state index >= 15 is 0 Å². The molecule has 0 bridgehead atoms. The number of nitrogens with one attached hydrogen (secondary N) is 1. The molecule has 0 unspecified atom stereocenters. The zero-order valence-electron chi connectivity index (χ0n) is 12.7. The first-order valence-electron chi connectivity index (χ1n) is 7.27. The summed E-state index contributed by atoms with van der Waals surface area (Å²) >= 11 is 6.06. The maximum atomic E-state index is 12.8. The second-order valence-corrected chi connectivity index (χ2v) is 6.19. The summed E-state index contributed by atoms with van der Waals surface area (Å²) < 4.78 is 5.32. The highest BCUT2D eigenvalue weighted by atomic mass is 35.5. The van der Waals surface area contributed by atoms with Gasteiger partial charge < -0.3 is 10.1 Å². The third-order valence-corrected chi connectivity index (χ3v) is 4.40. The molecule has 114 valence electrons. The molecule has 0 saturated heterocycles. The fourth-order valence-corrected chi connectivity index (χ4v) is 2.91. The van der Waals surface area contributed by atoms with Crippen molar-refractivity contribution < 1.29 is 9.53 Å². The van der Waals surface area contributed by atoms with Gasteiger partial charge in [0.15, 0.2) is 0 Å². The van der Waals surface area contributed by atoms with Crippen LogP contribution in [0.25, 0.3) is 0 Å². The van der Waals surface area contributed by atoms with Gasteiger partial charge in [-0.05, 0) is 55.2 Å². The maximum Gasteiger partial charge on any atom is 0.235 e. The molecule has 0 aliphatic heterocycles. The van der Waals surface area contributed by atoms with Crippen LogP contribution in [-0.4, -0.2) is 13.0 Å². The molecule has 0 radical (unpaired) electrons. The Morgan fingerprint density at radius 1 is 1.23 bits per heavy atom. The van der Waals surface area contributed by atoms with Gasteiger partial charge in [-0.15, -0.1) is 0 Å². The van der Waals surface area contributed by atoms with Crippen LogP contribution in [0.3, 0.4) is 0 Å². The van der Waals surface area contributed by atoms with Crippen molar-refractivity contribution in [3.8, 4) is 5.75 Å². The lowest BCUT2D eigenvalue weighted by Crippen LogP contribution is -2.28. The number of aryl methyl sites for hydroxylation is 1. The van der Waals surface area contributed by atoms with E-state index in [1.165, 1.54) is 0 Å². The number of anilines is 1. The Labute approximate surface area is 135 Å². The fourth-order valence-electron chi connectivity index (χ4n) is 2.72. The molecule has 1 amide bonds. The van der Waals surface area contributed by atoms with E-state index in [4.69, 9.17) is 16.3 Å². The third kappa shape index (κ3) is 2.69. The minimum Gasteiger partial charge on any atom is -0.495 e. The van der Waals surface area contributed by atoms with Gasteiger partial charge in [0, 0.05) is 5.02 Å². The predicted octanol–water partition coefficient (Wildman–Crippen LogP) is 4.33. The summed E-state index contributed by atoms with van der Waals surface area (Å²) in [4.78, 5) is 12.8. The molecule has 0 atom stereocenters. The van der Waals surface area contributed by atoms with Crippen molar-refractivity contribution in [2.45, 2.75) is 25.2 Å². The van der Waals surface area contributed by atoms with Crippen molar-refractivity contribution in [1.82, 2.24) is 0 Å². The first-order valence-corrected chi connectivity index (χ1v) is 7.65. The van der Waals surface area contributed by atoms with Crippen LogP contribution >= 0.6 is 11.6 Å². The lowest BCUT2D eigenvalue weighted by molar-refractivity contribution is -0.118. The topological polar surface area (TPSA) is 38.3 Å². The Bertz CT molecular complexity index is 723. The van der Waals surface area contributed by atoms with Gasteiger partial charge in [0.1, 0.15) is 5.75 Å². The summed E-state index contributed by atoms with van der Waals surface area (Å²) in [6, 6.07) is 13.3. The second-order valence-electron chi connectivity index (χ2n) is 5.75. The molecule has 0 aromatic heterocycles. The Hall–Kier alpha value is -2.00. The highest BCUT2D eigenvalue weighted by molar-refractivity contribution is 6.30. The minimum absolute atomic E-state index is 0.00123. The Balaban J connectivity index is 1.87. The van der Waals surface area contributed by atoms with E-state index in [-0.39, 0.29) is 5.91 Å². The Kier molecular flexibility index (Phi) is 3.83. The standard InChI is InChI=1S/C18H18ClNO2/c1-12-6-7-16(22-2)15(10-12)20-17(21)18(8-9-18)13-4-3-5-14(19)11-13/h3-7,10-11H,8-9H2,1-2H3,(H,20,21). The number of amides is 1. The molecule has 1 N–H and O–H groups in total. The summed E-state index contributed by atoms with van der Waals surface area (Å²) in [5.41, 5.74) is 2.30. The molecule has 1 saturated carbocycles. The normalized spacial score (nSPS) is 15.2. The van der Waals surface area contributed by atoms with Gasteiger partial charge in [-0.1, -0.05) is 29.8 Å². The van der Waals surface area contributed by atoms with E-state index in [1.54, 1.807) is 7.11 Å². The lowest BCUT2D eigenvalue weighted by Gasteiger charge is -2.18. The summed E-state index contributed by atoms with van der Waals surface area (Å²) in [5.74, 6) is 0.666. The average Bonchev–Trinajstić information content (AvgIpc) is 3.29. The van der Waals surface area contributed by atoms with Crippen LogP contribution in [0.15, 0.2) is 42.5 Å².